The molecule has 7 heteroatoms. The number of nitrogens with one attached hydrogen (secondary N) is 1. The van der Waals surface area contributed by atoms with Crippen molar-refractivity contribution in [1.29, 1.82) is 0 Å². The minimum absolute atomic E-state index is 0.309. The van der Waals surface area contributed by atoms with Crippen LogP contribution >= 0.6 is 11.3 Å². The fraction of sp³-hybridized carbons (Fsp3) is 0.400. The van der Waals surface area contributed by atoms with E-state index in [4.69, 9.17) is 9.26 Å². The van der Waals surface area contributed by atoms with E-state index in [1.807, 2.05) is 0 Å². The summed E-state index contributed by atoms with van der Waals surface area (Å²) in [6.45, 7) is 2.14. The van der Waals surface area contributed by atoms with E-state index in [1.54, 1.807) is 11.4 Å². The van der Waals surface area contributed by atoms with Crippen LogP contribution in [0.5, 0.6) is 0 Å². The van der Waals surface area contributed by atoms with Crippen molar-refractivity contribution in [1.82, 2.24) is 5.16 Å². The van der Waals surface area contributed by atoms with Gasteiger partial charge in [-0.3, -0.25) is 4.79 Å². The zero-order chi connectivity index (χ0) is 15.7. The first-order valence-electron chi connectivity index (χ1n) is 7.04. The van der Waals surface area contributed by atoms with Crippen LogP contribution in [0.3, 0.4) is 0 Å². The number of esters is 1. The van der Waals surface area contributed by atoms with Crippen molar-refractivity contribution in [3.8, 4) is 0 Å². The van der Waals surface area contributed by atoms with Gasteiger partial charge in [0.25, 0.3) is 5.91 Å². The Morgan fingerprint density at radius 3 is 3.09 bits per heavy atom. The first-order valence-corrected chi connectivity index (χ1v) is 7.92. The van der Waals surface area contributed by atoms with Gasteiger partial charge in [-0.2, -0.15) is 0 Å². The van der Waals surface area contributed by atoms with Gasteiger partial charge in [0, 0.05) is 12.0 Å². The molecule has 0 aromatic carbocycles. The van der Waals surface area contributed by atoms with Crippen LogP contribution in [0.4, 0.5) is 5.69 Å². The molecular weight excluding hydrogens is 304 g/mol. The lowest BCUT2D eigenvalue weighted by molar-refractivity contribution is 0.0607. The Hall–Kier alpha value is -2.15. The Bertz CT molecular complexity index is 719. The largest absolute Gasteiger partial charge is 0.465 e. The lowest BCUT2D eigenvalue weighted by atomic mass is 9.88. The van der Waals surface area contributed by atoms with Crippen molar-refractivity contribution in [3.63, 3.8) is 0 Å². The number of carbonyl (C=O) groups is 2. The van der Waals surface area contributed by atoms with Gasteiger partial charge >= 0.3 is 5.97 Å². The topological polar surface area (TPSA) is 81.4 Å². The summed E-state index contributed by atoms with van der Waals surface area (Å²) in [5.74, 6) is 0.468. The smallest absolute Gasteiger partial charge is 0.350 e. The molecule has 1 aliphatic rings. The number of amides is 1. The van der Waals surface area contributed by atoms with E-state index >= 15 is 0 Å². The number of aryl methyl sites for hydroxylation is 1. The predicted octanol–water partition coefficient (Wildman–Crippen LogP) is 2.90. The van der Waals surface area contributed by atoms with E-state index < -0.39 is 5.97 Å². The summed E-state index contributed by atoms with van der Waals surface area (Å²) in [5, 5.41) is 8.35. The highest BCUT2D eigenvalue weighted by atomic mass is 32.1. The van der Waals surface area contributed by atoms with E-state index in [9.17, 15) is 9.59 Å². The summed E-state index contributed by atoms with van der Waals surface area (Å²) < 4.78 is 9.97. The predicted molar refractivity (Wildman–Crippen MR) is 81.3 cm³/mol. The molecule has 3 rings (SSSR count). The number of thiophene rings is 1. The number of carbonyl (C=O) groups excluding carboxylic acids is 2. The van der Waals surface area contributed by atoms with Crippen LogP contribution in [0.15, 0.2) is 16.0 Å². The third-order valence-corrected chi connectivity index (χ3v) is 4.68. The number of ether oxygens (including phenoxy) is 1. The molecule has 116 valence electrons. The summed E-state index contributed by atoms with van der Waals surface area (Å²) in [5.41, 5.74) is 1.62. The molecule has 2 aromatic heterocycles. The fourth-order valence-electron chi connectivity index (χ4n) is 2.60. The minimum Gasteiger partial charge on any atom is -0.465 e. The van der Waals surface area contributed by atoms with Gasteiger partial charge in [0.2, 0.25) is 0 Å². The summed E-state index contributed by atoms with van der Waals surface area (Å²) in [6.07, 6.45) is 2.64. The van der Waals surface area contributed by atoms with Crippen LogP contribution in [0.1, 0.15) is 44.8 Å². The van der Waals surface area contributed by atoms with Gasteiger partial charge in [0.1, 0.15) is 10.6 Å². The average Bonchev–Trinajstić information content (AvgIpc) is 3.12. The zero-order valence-electron chi connectivity index (χ0n) is 12.3. The molecule has 1 amide bonds. The van der Waals surface area contributed by atoms with Crippen molar-refractivity contribution >= 4 is 28.9 Å². The fourth-order valence-corrected chi connectivity index (χ4v) is 3.36. The van der Waals surface area contributed by atoms with E-state index in [0.717, 1.165) is 30.6 Å². The van der Waals surface area contributed by atoms with E-state index in [0.29, 0.717) is 22.2 Å². The van der Waals surface area contributed by atoms with Crippen LogP contribution in [0.25, 0.3) is 0 Å². The molecule has 1 N–H and O–H groups in total. The van der Waals surface area contributed by atoms with E-state index in [-0.39, 0.29) is 5.91 Å². The summed E-state index contributed by atoms with van der Waals surface area (Å²) >= 11 is 1.22. The van der Waals surface area contributed by atoms with Crippen LogP contribution < -0.4 is 5.32 Å². The van der Waals surface area contributed by atoms with Crippen molar-refractivity contribution in [2.75, 3.05) is 12.4 Å². The number of aromatic nitrogens is 1. The molecule has 1 aliphatic carbocycles. The molecule has 0 bridgehead atoms. The number of anilines is 1. The number of hydrogen-bond acceptors (Lipinski definition) is 6. The van der Waals surface area contributed by atoms with Gasteiger partial charge in [-0.15, -0.1) is 11.3 Å². The third-order valence-electron chi connectivity index (χ3n) is 3.79. The Morgan fingerprint density at radius 2 is 2.32 bits per heavy atom. The van der Waals surface area contributed by atoms with Crippen LogP contribution in [0.2, 0.25) is 0 Å². The molecule has 0 radical (unpaired) electrons. The van der Waals surface area contributed by atoms with Gasteiger partial charge in [-0.1, -0.05) is 12.1 Å². The maximum absolute atomic E-state index is 12.4. The molecule has 0 saturated carbocycles. The highest BCUT2D eigenvalue weighted by Gasteiger charge is 2.27. The van der Waals surface area contributed by atoms with Crippen molar-refractivity contribution in [2.45, 2.75) is 26.2 Å². The molecule has 0 saturated heterocycles. The maximum atomic E-state index is 12.4. The van der Waals surface area contributed by atoms with Gasteiger partial charge < -0.3 is 14.6 Å². The minimum atomic E-state index is -0.471. The standard InChI is InChI=1S/C15H16N2O4S/c1-8-3-4-11-9(7-8)12(17-21-11)14(18)16-10-5-6-22-13(10)15(19)20-2/h5-6,8H,3-4,7H2,1-2H3,(H,16,18)/t8-/m0/s1. The van der Waals surface area contributed by atoms with Crippen molar-refractivity contribution < 1.29 is 18.8 Å². The van der Waals surface area contributed by atoms with Gasteiger partial charge in [-0.25, -0.2) is 4.79 Å². The van der Waals surface area contributed by atoms with E-state index in [2.05, 4.69) is 17.4 Å². The molecule has 2 aromatic rings. The molecule has 6 nitrogen and oxygen atoms in total. The SMILES string of the molecule is COC(=O)c1sccc1NC(=O)c1noc2c1C[C@@H](C)CC2. The maximum Gasteiger partial charge on any atom is 0.350 e. The van der Waals surface area contributed by atoms with Gasteiger partial charge in [-0.05, 0) is 30.2 Å². The Kier molecular flexibility index (Phi) is 3.98. The van der Waals surface area contributed by atoms with Crippen molar-refractivity contribution in [3.05, 3.63) is 33.3 Å². The monoisotopic (exact) mass is 320 g/mol. The second-order valence-electron chi connectivity index (χ2n) is 5.39. The highest BCUT2D eigenvalue weighted by Crippen LogP contribution is 2.29. The normalized spacial score (nSPS) is 16.9. The Labute approximate surface area is 131 Å². The molecular formula is C15H16N2O4S. The average molecular weight is 320 g/mol. The first kappa shape index (κ1) is 14.8. The third kappa shape index (κ3) is 2.64. The van der Waals surface area contributed by atoms with Gasteiger partial charge in [0.15, 0.2) is 5.69 Å². The molecule has 0 aliphatic heterocycles. The van der Waals surface area contributed by atoms with Crippen LogP contribution in [-0.2, 0) is 17.6 Å². The summed E-state index contributed by atoms with van der Waals surface area (Å²) in [6, 6.07) is 1.67. The number of methoxy groups -OCH3 is 1. The van der Waals surface area contributed by atoms with Gasteiger partial charge in [0.05, 0.1) is 12.8 Å². The number of hydrogen-bond donors (Lipinski definition) is 1. The molecule has 0 spiro atoms. The van der Waals surface area contributed by atoms with Crippen LogP contribution in [-0.4, -0.2) is 24.1 Å². The summed E-state index contributed by atoms with van der Waals surface area (Å²) in [4.78, 5) is 24.4. The van der Waals surface area contributed by atoms with E-state index in [1.165, 1.54) is 18.4 Å². The number of fused-ring (bicyclic) bond motifs is 1. The van der Waals surface area contributed by atoms with Crippen molar-refractivity contribution in [2.24, 2.45) is 5.92 Å². The second-order valence-corrected chi connectivity index (χ2v) is 6.31. The lowest BCUT2D eigenvalue weighted by Gasteiger charge is -2.16. The molecule has 2 heterocycles. The number of nitrogens with zero attached hydrogens (tertiary/aromatic N) is 1. The molecule has 0 fully saturated rings. The Morgan fingerprint density at radius 1 is 1.50 bits per heavy atom. The Balaban J connectivity index is 1.83. The number of rotatable bonds is 3. The second kappa shape index (κ2) is 5.92. The molecule has 22 heavy (non-hydrogen) atoms. The summed E-state index contributed by atoms with van der Waals surface area (Å²) in [7, 11) is 1.31. The lowest BCUT2D eigenvalue weighted by Crippen LogP contribution is -2.18. The first-order chi connectivity index (χ1) is 10.6. The molecule has 1 atom stereocenters. The quantitative estimate of drug-likeness (QED) is 0.879. The zero-order valence-corrected chi connectivity index (χ0v) is 13.2. The highest BCUT2D eigenvalue weighted by molar-refractivity contribution is 7.12. The van der Waals surface area contributed by atoms with Crippen LogP contribution in [0, 0.1) is 5.92 Å². The molecule has 0 unspecified atom stereocenters.